The van der Waals surface area contributed by atoms with Gasteiger partial charge in [0, 0.05) is 6.07 Å². The molecule has 2 aromatic carbocycles. The van der Waals surface area contributed by atoms with Crippen LogP contribution in [0.4, 0.5) is 0 Å². The maximum absolute atomic E-state index is 5.43. The lowest BCUT2D eigenvalue weighted by Crippen LogP contribution is -1.98. The Kier molecular flexibility index (Phi) is 3.20. The van der Waals surface area contributed by atoms with Crippen molar-refractivity contribution in [1.29, 1.82) is 0 Å². The fourth-order valence-electron chi connectivity index (χ4n) is 2.26. The molecule has 0 aliphatic heterocycles. The Morgan fingerprint density at radius 3 is 2.60 bits per heavy atom. The largest absolute Gasteiger partial charge is 0.497 e. The molecule has 0 unspecified atom stereocenters. The van der Waals surface area contributed by atoms with Gasteiger partial charge < -0.3 is 14.5 Å². The summed E-state index contributed by atoms with van der Waals surface area (Å²) in [6.07, 6.45) is 0. The molecule has 1 heterocycles. The van der Waals surface area contributed by atoms with Crippen LogP contribution in [-0.2, 0) is 0 Å². The van der Waals surface area contributed by atoms with Gasteiger partial charge in [0.2, 0.25) is 0 Å². The van der Waals surface area contributed by atoms with Crippen molar-refractivity contribution in [2.75, 3.05) is 14.2 Å². The van der Waals surface area contributed by atoms with E-state index in [1.807, 2.05) is 47.0 Å². The van der Waals surface area contributed by atoms with Crippen molar-refractivity contribution in [3.8, 4) is 17.2 Å². The standard InChI is InChI=1S/C15H14N2O2S/c1-18-10-7-8-11-13(9-10)17(15(20)16-11)12-5-3-4-6-14(12)19-2/h3-9H,1-2H3,(H,16,20). The number of benzene rings is 2. The number of aromatic nitrogens is 2. The Bertz CT molecular complexity index is 820. The zero-order valence-electron chi connectivity index (χ0n) is 11.2. The molecule has 3 rings (SSSR count). The number of hydrogen-bond donors (Lipinski definition) is 1. The second-order valence-corrected chi connectivity index (χ2v) is 4.71. The van der Waals surface area contributed by atoms with E-state index in [1.165, 1.54) is 0 Å². The minimum absolute atomic E-state index is 0.623. The number of aromatic amines is 1. The van der Waals surface area contributed by atoms with Crippen LogP contribution in [0.5, 0.6) is 11.5 Å². The normalized spacial score (nSPS) is 10.7. The van der Waals surface area contributed by atoms with Crippen LogP contribution in [0, 0.1) is 4.77 Å². The van der Waals surface area contributed by atoms with Gasteiger partial charge >= 0.3 is 0 Å². The van der Waals surface area contributed by atoms with Crippen LogP contribution in [0.25, 0.3) is 16.7 Å². The number of ether oxygens (including phenoxy) is 2. The van der Waals surface area contributed by atoms with Gasteiger partial charge in [0.25, 0.3) is 0 Å². The monoisotopic (exact) mass is 286 g/mol. The van der Waals surface area contributed by atoms with E-state index < -0.39 is 0 Å². The second-order valence-electron chi connectivity index (χ2n) is 4.32. The molecule has 0 fully saturated rings. The van der Waals surface area contributed by atoms with Crippen molar-refractivity contribution < 1.29 is 9.47 Å². The van der Waals surface area contributed by atoms with Crippen molar-refractivity contribution >= 4 is 23.3 Å². The van der Waals surface area contributed by atoms with Crippen LogP contribution in [0.15, 0.2) is 42.5 Å². The van der Waals surface area contributed by atoms with E-state index in [0.29, 0.717) is 4.77 Å². The molecule has 1 aromatic heterocycles. The predicted octanol–water partition coefficient (Wildman–Crippen LogP) is 3.71. The van der Waals surface area contributed by atoms with E-state index in [2.05, 4.69) is 4.98 Å². The number of H-pyrrole nitrogens is 1. The number of methoxy groups -OCH3 is 2. The number of fused-ring (bicyclic) bond motifs is 1. The minimum atomic E-state index is 0.623. The first-order valence-corrected chi connectivity index (χ1v) is 6.57. The average Bonchev–Trinajstić information content (AvgIpc) is 2.81. The Balaban J connectivity index is 2.35. The van der Waals surface area contributed by atoms with E-state index >= 15 is 0 Å². The lowest BCUT2D eigenvalue weighted by Gasteiger charge is -2.10. The van der Waals surface area contributed by atoms with E-state index in [-0.39, 0.29) is 0 Å². The molecule has 0 aliphatic rings. The fourth-order valence-corrected chi connectivity index (χ4v) is 2.57. The molecule has 5 heteroatoms. The summed E-state index contributed by atoms with van der Waals surface area (Å²) in [7, 11) is 3.30. The molecule has 20 heavy (non-hydrogen) atoms. The zero-order valence-corrected chi connectivity index (χ0v) is 12.0. The summed E-state index contributed by atoms with van der Waals surface area (Å²) in [6.45, 7) is 0. The van der Waals surface area contributed by atoms with Gasteiger partial charge in [-0.15, -0.1) is 0 Å². The number of para-hydroxylation sites is 2. The lowest BCUT2D eigenvalue weighted by atomic mass is 10.2. The quantitative estimate of drug-likeness (QED) is 0.746. The van der Waals surface area contributed by atoms with Gasteiger partial charge in [-0.2, -0.15) is 0 Å². The number of nitrogens with zero attached hydrogens (tertiary/aromatic N) is 1. The Hall–Kier alpha value is -2.27. The van der Waals surface area contributed by atoms with Gasteiger partial charge in [-0.3, -0.25) is 4.57 Å². The Morgan fingerprint density at radius 2 is 1.85 bits per heavy atom. The Labute approximate surface area is 121 Å². The highest BCUT2D eigenvalue weighted by atomic mass is 32.1. The van der Waals surface area contributed by atoms with Crippen molar-refractivity contribution in [2.45, 2.75) is 0 Å². The molecule has 3 aromatic rings. The first-order chi connectivity index (χ1) is 9.74. The Morgan fingerprint density at radius 1 is 1.05 bits per heavy atom. The highest BCUT2D eigenvalue weighted by Gasteiger charge is 2.11. The maximum atomic E-state index is 5.43. The lowest BCUT2D eigenvalue weighted by molar-refractivity contribution is 0.412. The predicted molar refractivity (Wildman–Crippen MR) is 81.6 cm³/mol. The van der Waals surface area contributed by atoms with Crippen LogP contribution in [0.3, 0.4) is 0 Å². The minimum Gasteiger partial charge on any atom is -0.497 e. The molecular formula is C15H14N2O2S. The summed E-state index contributed by atoms with van der Waals surface area (Å²) in [5.74, 6) is 1.56. The van der Waals surface area contributed by atoms with E-state index in [1.54, 1.807) is 14.2 Å². The third-order valence-corrected chi connectivity index (χ3v) is 3.50. The molecule has 1 N–H and O–H groups in total. The van der Waals surface area contributed by atoms with Gasteiger partial charge in [0.1, 0.15) is 11.5 Å². The van der Waals surface area contributed by atoms with E-state index in [0.717, 1.165) is 28.2 Å². The van der Waals surface area contributed by atoms with E-state index in [9.17, 15) is 0 Å². The molecule has 0 saturated carbocycles. The third-order valence-electron chi connectivity index (χ3n) is 3.22. The zero-order chi connectivity index (χ0) is 14.1. The molecule has 102 valence electrons. The maximum Gasteiger partial charge on any atom is 0.182 e. The third kappa shape index (κ3) is 1.96. The molecule has 0 spiro atoms. The summed E-state index contributed by atoms with van der Waals surface area (Å²) >= 11 is 5.43. The molecule has 0 atom stereocenters. The van der Waals surface area contributed by atoms with Crippen LogP contribution in [0.2, 0.25) is 0 Å². The highest BCUT2D eigenvalue weighted by molar-refractivity contribution is 7.71. The molecule has 0 saturated heterocycles. The summed E-state index contributed by atoms with van der Waals surface area (Å²) in [4.78, 5) is 3.19. The molecule has 0 bridgehead atoms. The highest BCUT2D eigenvalue weighted by Crippen LogP contribution is 2.28. The van der Waals surface area contributed by atoms with Crippen molar-refractivity contribution in [3.63, 3.8) is 0 Å². The number of hydrogen-bond acceptors (Lipinski definition) is 3. The summed E-state index contributed by atoms with van der Waals surface area (Å²) in [5, 5.41) is 0. The average molecular weight is 286 g/mol. The van der Waals surface area contributed by atoms with Gasteiger partial charge in [-0.05, 0) is 36.5 Å². The molecule has 0 aliphatic carbocycles. The molecular weight excluding hydrogens is 272 g/mol. The van der Waals surface area contributed by atoms with Gasteiger partial charge in [0.15, 0.2) is 4.77 Å². The smallest absolute Gasteiger partial charge is 0.182 e. The van der Waals surface area contributed by atoms with Crippen molar-refractivity contribution in [3.05, 3.63) is 47.2 Å². The first-order valence-electron chi connectivity index (χ1n) is 6.17. The molecule has 0 radical (unpaired) electrons. The second kappa shape index (κ2) is 5.02. The van der Waals surface area contributed by atoms with Gasteiger partial charge in [-0.25, -0.2) is 0 Å². The van der Waals surface area contributed by atoms with Crippen LogP contribution in [-0.4, -0.2) is 23.8 Å². The van der Waals surface area contributed by atoms with E-state index in [4.69, 9.17) is 21.7 Å². The van der Waals surface area contributed by atoms with Crippen LogP contribution >= 0.6 is 12.2 Å². The van der Waals surface area contributed by atoms with Crippen molar-refractivity contribution in [1.82, 2.24) is 9.55 Å². The fraction of sp³-hybridized carbons (Fsp3) is 0.133. The van der Waals surface area contributed by atoms with Gasteiger partial charge in [-0.1, -0.05) is 12.1 Å². The summed E-state index contributed by atoms with van der Waals surface area (Å²) in [6, 6.07) is 13.6. The molecule has 0 amide bonds. The first kappa shape index (κ1) is 12.7. The SMILES string of the molecule is COc1ccc2[nH]c(=S)n(-c3ccccc3OC)c2c1. The summed E-state index contributed by atoms with van der Waals surface area (Å²) in [5.41, 5.74) is 2.82. The van der Waals surface area contributed by atoms with Crippen LogP contribution in [0.1, 0.15) is 0 Å². The number of rotatable bonds is 3. The van der Waals surface area contributed by atoms with Gasteiger partial charge in [0.05, 0.1) is 30.9 Å². The van der Waals surface area contributed by atoms with Crippen molar-refractivity contribution in [2.24, 2.45) is 0 Å². The van der Waals surface area contributed by atoms with Crippen LogP contribution < -0.4 is 9.47 Å². The topological polar surface area (TPSA) is 39.2 Å². The summed E-state index contributed by atoms with van der Waals surface area (Å²) < 4.78 is 13.3. The number of imidazole rings is 1. The number of nitrogens with one attached hydrogen (secondary N) is 1. The molecule has 4 nitrogen and oxygen atoms in total.